The van der Waals surface area contributed by atoms with Crippen LogP contribution in [0.25, 0.3) is 0 Å². The fourth-order valence-corrected chi connectivity index (χ4v) is 3.64. The van der Waals surface area contributed by atoms with Crippen LogP contribution in [0.4, 0.5) is 0 Å². The molecule has 1 amide bonds. The van der Waals surface area contributed by atoms with Gasteiger partial charge in [-0.1, -0.05) is 6.07 Å². The molecule has 0 saturated heterocycles. The van der Waals surface area contributed by atoms with Gasteiger partial charge in [0.05, 0.1) is 20.3 Å². The third-order valence-electron chi connectivity index (χ3n) is 4.58. The Morgan fingerprint density at radius 3 is 2.67 bits per heavy atom. The number of Topliss-reactive ketones (excluding diaryl/α,β-unsaturated/α-hetero) is 1. The summed E-state index contributed by atoms with van der Waals surface area (Å²) in [4.78, 5) is 27.3. The average Bonchev–Trinajstić information content (AvgIpc) is 3.38. The Hall–Kier alpha value is -2.34. The quantitative estimate of drug-likeness (QED) is 0.450. The summed E-state index contributed by atoms with van der Waals surface area (Å²) in [5.74, 6) is 1.30. The molecule has 0 N–H and O–H groups in total. The number of carbonyl (C=O) groups excluding carboxylic acids is 2. The van der Waals surface area contributed by atoms with E-state index in [1.807, 2.05) is 16.3 Å². The van der Waals surface area contributed by atoms with Gasteiger partial charge in [-0.3, -0.25) is 9.59 Å². The molecule has 6 heteroatoms. The zero-order valence-corrected chi connectivity index (χ0v) is 16.6. The lowest BCUT2D eigenvalue weighted by molar-refractivity contribution is -0.132. The molecule has 1 saturated carbocycles. The van der Waals surface area contributed by atoms with Crippen molar-refractivity contribution in [1.29, 1.82) is 0 Å². The number of benzene rings is 1. The lowest BCUT2D eigenvalue weighted by atomic mass is 10.1. The maximum atomic E-state index is 12.6. The highest BCUT2D eigenvalue weighted by atomic mass is 32.1. The van der Waals surface area contributed by atoms with Gasteiger partial charge in [0, 0.05) is 22.9 Å². The Balaban J connectivity index is 1.49. The third-order valence-corrected chi connectivity index (χ3v) is 5.44. The Kier molecular flexibility index (Phi) is 6.50. The summed E-state index contributed by atoms with van der Waals surface area (Å²) in [6.07, 6.45) is 3.32. The maximum absolute atomic E-state index is 12.6. The Morgan fingerprint density at radius 2 is 2.04 bits per heavy atom. The molecule has 0 unspecified atom stereocenters. The van der Waals surface area contributed by atoms with Gasteiger partial charge in [-0.05, 0) is 55.8 Å². The van der Waals surface area contributed by atoms with Crippen molar-refractivity contribution in [2.45, 2.75) is 45.2 Å². The molecule has 1 fully saturated rings. The summed E-state index contributed by atoms with van der Waals surface area (Å²) >= 11 is 1.69. The zero-order chi connectivity index (χ0) is 19.2. The van der Waals surface area contributed by atoms with Crippen molar-refractivity contribution < 1.29 is 19.1 Å². The second kappa shape index (κ2) is 9.04. The van der Waals surface area contributed by atoms with E-state index >= 15 is 0 Å². The van der Waals surface area contributed by atoms with E-state index in [1.54, 1.807) is 36.6 Å². The van der Waals surface area contributed by atoms with Crippen molar-refractivity contribution in [3.05, 3.63) is 46.2 Å². The molecule has 1 aliphatic carbocycles. The summed E-state index contributed by atoms with van der Waals surface area (Å²) in [6, 6.07) is 9.64. The summed E-state index contributed by atoms with van der Waals surface area (Å²) in [5.41, 5.74) is 0.586. The Bertz CT molecular complexity index is 783. The van der Waals surface area contributed by atoms with Crippen molar-refractivity contribution in [1.82, 2.24) is 4.90 Å². The summed E-state index contributed by atoms with van der Waals surface area (Å²) in [7, 11) is 1.55. The first-order valence-electron chi connectivity index (χ1n) is 9.22. The van der Waals surface area contributed by atoms with Gasteiger partial charge >= 0.3 is 0 Å². The minimum atomic E-state index is -0.0173. The molecule has 0 aliphatic heterocycles. The number of ether oxygens (including phenoxy) is 2. The molecule has 0 bridgehead atoms. The van der Waals surface area contributed by atoms with Gasteiger partial charge in [0.1, 0.15) is 0 Å². The van der Waals surface area contributed by atoms with Crippen molar-refractivity contribution >= 4 is 23.0 Å². The smallest absolute Gasteiger partial charge is 0.223 e. The normalized spacial score (nSPS) is 13.3. The molecule has 3 rings (SSSR count). The Labute approximate surface area is 163 Å². The number of hydrogen-bond acceptors (Lipinski definition) is 5. The van der Waals surface area contributed by atoms with Gasteiger partial charge in [-0.2, -0.15) is 0 Å². The van der Waals surface area contributed by atoms with Crippen LogP contribution in [0.5, 0.6) is 11.5 Å². The first kappa shape index (κ1) is 19.4. The molecule has 2 aromatic rings. The van der Waals surface area contributed by atoms with E-state index in [0.717, 1.165) is 12.8 Å². The van der Waals surface area contributed by atoms with Gasteiger partial charge in [0.15, 0.2) is 17.3 Å². The van der Waals surface area contributed by atoms with Gasteiger partial charge in [-0.15, -0.1) is 11.3 Å². The SMILES string of the molecule is COc1cc(C(C)=O)ccc1OCCCC(=O)N(Cc1cccs1)C1CC1. The van der Waals surface area contributed by atoms with Gasteiger partial charge < -0.3 is 14.4 Å². The molecular formula is C21H25NO4S. The lowest BCUT2D eigenvalue weighted by Crippen LogP contribution is -2.32. The second-order valence-electron chi connectivity index (χ2n) is 6.71. The topological polar surface area (TPSA) is 55.8 Å². The van der Waals surface area contributed by atoms with Crippen molar-refractivity contribution in [2.24, 2.45) is 0 Å². The fraction of sp³-hybridized carbons (Fsp3) is 0.429. The molecule has 1 aromatic carbocycles. The molecule has 0 spiro atoms. The van der Waals surface area contributed by atoms with Crippen LogP contribution in [0, 0.1) is 0 Å². The minimum Gasteiger partial charge on any atom is -0.493 e. The van der Waals surface area contributed by atoms with E-state index < -0.39 is 0 Å². The van der Waals surface area contributed by atoms with Crippen LogP contribution in [-0.2, 0) is 11.3 Å². The molecule has 1 aromatic heterocycles. The highest BCUT2D eigenvalue weighted by Crippen LogP contribution is 2.31. The largest absolute Gasteiger partial charge is 0.493 e. The molecular weight excluding hydrogens is 362 g/mol. The Morgan fingerprint density at radius 1 is 1.22 bits per heavy atom. The standard InChI is InChI=1S/C21H25NO4S/c1-15(23)16-7-10-19(20(13-16)25-2)26-11-3-6-21(24)22(17-8-9-17)14-18-5-4-12-27-18/h4-5,7,10,12-13,17H,3,6,8-9,11,14H2,1-2H3. The monoisotopic (exact) mass is 387 g/mol. The molecule has 0 atom stereocenters. The van der Waals surface area contributed by atoms with E-state index in [1.165, 1.54) is 11.8 Å². The number of ketones is 1. The van der Waals surface area contributed by atoms with E-state index in [0.29, 0.717) is 49.1 Å². The summed E-state index contributed by atoms with van der Waals surface area (Å²) in [6.45, 7) is 2.66. The van der Waals surface area contributed by atoms with E-state index in [4.69, 9.17) is 9.47 Å². The number of thiophene rings is 1. The summed E-state index contributed by atoms with van der Waals surface area (Å²) < 4.78 is 11.1. The highest BCUT2D eigenvalue weighted by Gasteiger charge is 2.32. The molecule has 1 heterocycles. The van der Waals surface area contributed by atoms with Crippen molar-refractivity contribution in [3.63, 3.8) is 0 Å². The number of amides is 1. The molecule has 144 valence electrons. The minimum absolute atomic E-state index is 0.0173. The molecule has 1 aliphatic rings. The van der Waals surface area contributed by atoms with Crippen LogP contribution in [0.2, 0.25) is 0 Å². The number of nitrogens with zero attached hydrogens (tertiary/aromatic N) is 1. The lowest BCUT2D eigenvalue weighted by Gasteiger charge is -2.22. The van der Waals surface area contributed by atoms with Crippen LogP contribution in [0.15, 0.2) is 35.7 Å². The van der Waals surface area contributed by atoms with Gasteiger partial charge in [0.2, 0.25) is 5.91 Å². The van der Waals surface area contributed by atoms with Crippen LogP contribution < -0.4 is 9.47 Å². The van der Waals surface area contributed by atoms with Crippen LogP contribution in [-0.4, -0.2) is 36.3 Å². The van der Waals surface area contributed by atoms with Gasteiger partial charge in [-0.25, -0.2) is 0 Å². The number of carbonyl (C=O) groups is 2. The fourth-order valence-electron chi connectivity index (χ4n) is 2.93. The first-order valence-corrected chi connectivity index (χ1v) is 10.1. The molecule has 0 radical (unpaired) electrons. The predicted octanol–water partition coefficient (Wildman–Crippen LogP) is 4.31. The van der Waals surface area contributed by atoms with E-state index in [-0.39, 0.29) is 11.7 Å². The average molecular weight is 388 g/mol. The molecule has 5 nitrogen and oxygen atoms in total. The van der Waals surface area contributed by atoms with Crippen LogP contribution in [0.3, 0.4) is 0 Å². The number of hydrogen-bond donors (Lipinski definition) is 0. The van der Waals surface area contributed by atoms with E-state index in [2.05, 4.69) is 6.07 Å². The van der Waals surface area contributed by atoms with Crippen molar-refractivity contribution in [3.8, 4) is 11.5 Å². The zero-order valence-electron chi connectivity index (χ0n) is 15.8. The molecule has 27 heavy (non-hydrogen) atoms. The number of methoxy groups -OCH3 is 1. The van der Waals surface area contributed by atoms with Crippen LogP contribution in [0.1, 0.15) is 47.8 Å². The van der Waals surface area contributed by atoms with Crippen LogP contribution >= 0.6 is 11.3 Å². The highest BCUT2D eigenvalue weighted by molar-refractivity contribution is 7.09. The van der Waals surface area contributed by atoms with E-state index in [9.17, 15) is 9.59 Å². The number of rotatable bonds is 10. The van der Waals surface area contributed by atoms with Gasteiger partial charge in [0.25, 0.3) is 0 Å². The maximum Gasteiger partial charge on any atom is 0.223 e. The van der Waals surface area contributed by atoms with Crippen molar-refractivity contribution in [2.75, 3.05) is 13.7 Å². The summed E-state index contributed by atoms with van der Waals surface area (Å²) in [5, 5.41) is 2.05. The second-order valence-corrected chi connectivity index (χ2v) is 7.74. The predicted molar refractivity (Wildman–Crippen MR) is 106 cm³/mol. The third kappa shape index (κ3) is 5.32. The first-order chi connectivity index (χ1) is 13.1.